The topological polar surface area (TPSA) is 96.4 Å². The number of nitrogens with zero attached hydrogens (tertiary/aromatic N) is 2. The number of unbranched alkanes of at least 4 members (excludes halogenated alkanes) is 1. The molecule has 3 aliphatic rings. The van der Waals surface area contributed by atoms with Gasteiger partial charge in [-0.3, -0.25) is 14.4 Å². The van der Waals surface area contributed by atoms with E-state index in [-0.39, 0.29) is 36.9 Å². The number of aliphatic hydroxyl groups excluding tert-OH is 1. The normalized spacial score (nSPS) is 33.6. The molecule has 3 fully saturated rings. The maximum Gasteiger partial charge on any atom is 0.312 e. The van der Waals surface area contributed by atoms with Crippen LogP contribution < -0.4 is 0 Å². The summed E-state index contributed by atoms with van der Waals surface area (Å²) >= 11 is 0. The van der Waals surface area contributed by atoms with Gasteiger partial charge >= 0.3 is 5.97 Å². The smallest absolute Gasteiger partial charge is 0.312 e. The van der Waals surface area contributed by atoms with Crippen LogP contribution in [0.25, 0.3) is 0 Å². The van der Waals surface area contributed by atoms with Crippen LogP contribution in [0.4, 0.5) is 0 Å². The first kappa shape index (κ1) is 30.4. The van der Waals surface area contributed by atoms with E-state index in [9.17, 15) is 19.5 Å². The molecule has 3 rings (SSSR count). The van der Waals surface area contributed by atoms with Crippen molar-refractivity contribution in [2.75, 3.05) is 19.8 Å². The highest BCUT2D eigenvalue weighted by Gasteiger charge is 2.81. The molecular formula is C30H48N2O6. The minimum absolute atomic E-state index is 0.0634. The average molecular weight is 533 g/mol. The maximum absolute atomic E-state index is 14.5. The van der Waals surface area contributed by atoms with Crippen LogP contribution in [0.5, 0.6) is 0 Å². The Morgan fingerprint density at radius 3 is 2.50 bits per heavy atom. The molecule has 0 aromatic carbocycles. The second-order valence-electron chi connectivity index (χ2n) is 12.6. The lowest BCUT2D eigenvalue weighted by Crippen LogP contribution is -2.62. The van der Waals surface area contributed by atoms with Crippen molar-refractivity contribution in [1.29, 1.82) is 0 Å². The third kappa shape index (κ3) is 4.72. The van der Waals surface area contributed by atoms with Crippen LogP contribution in [0.2, 0.25) is 0 Å². The van der Waals surface area contributed by atoms with Gasteiger partial charge in [0.25, 0.3) is 0 Å². The van der Waals surface area contributed by atoms with Gasteiger partial charge in [0.15, 0.2) is 0 Å². The molecule has 0 saturated carbocycles. The van der Waals surface area contributed by atoms with Crippen molar-refractivity contribution in [3.05, 3.63) is 25.3 Å². The predicted molar refractivity (Wildman–Crippen MR) is 146 cm³/mol. The van der Waals surface area contributed by atoms with Crippen LogP contribution in [0.15, 0.2) is 25.3 Å². The summed E-state index contributed by atoms with van der Waals surface area (Å²) in [7, 11) is 0. The van der Waals surface area contributed by atoms with Gasteiger partial charge < -0.3 is 24.4 Å². The number of hydrogen-bond acceptors (Lipinski definition) is 6. The van der Waals surface area contributed by atoms with E-state index in [1.165, 1.54) is 0 Å². The monoisotopic (exact) mass is 532 g/mol. The molecule has 8 heteroatoms. The summed E-state index contributed by atoms with van der Waals surface area (Å²) in [4.78, 5) is 45.8. The van der Waals surface area contributed by atoms with E-state index in [4.69, 9.17) is 9.47 Å². The van der Waals surface area contributed by atoms with Crippen LogP contribution in [0.3, 0.4) is 0 Å². The first-order valence-corrected chi connectivity index (χ1v) is 14.1. The fourth-order valence-electron chi connectivity index (χ4n) is 6.95. The molecule has 1 spiro atoms. The first-order valence-electron chi connectivity index (χ1n) is 14.1. The van der Waals surface area contributed by atoms with Gasteiger partial charge in [0.2, 0.25) is 11.8 Å². The number of amides is 2. The molecule has 8 nitrogen and oxygen atoms in total. The second-order valence-corrected chi connectivity index (χ2v) is 12.6. The third-order valence-corrected chi connectivity index (χ3v) is 9.27. The number of carbonyl (C=O) groups excluding carboxylic acids is 3. The largest absolute Gasteiger partial charge is 0.465 e. The zero-order chi connectivity index (χ0) is 28.6. The zero-order valence-corrected chi connectivity index (χ0v) is 24.4. The SMILES string of the molecule is C=CCCCOC(=O)[C@H]1[C@H]2C(=O)N([C@@H](CO)[C@@H](C)CC)C(C(=O)N(CC=C)C(C)(C)C)C23CC(C)[C@]1(C)O3. The Kier molecular flexibility index (Phi) is 8.89. The Hall–Kier alpha value is -2.19. The quantitative estimate of drug-likeness (QED) is 0.234. The van der Waals surface area contributed by atoms with Gasteiger partial charge in [0.1, 0.15) is 17.6 Å². The van der Waals surface area contributed by atoms with Crippen LogP contribution in [0.1, 0.15) is 74.1 Å². The fourth-order valence-corrected chi connectivity index (χ4v) is 6.95. The van der Waals surface area contributed by atoms with E-state index < -0.39 is 46.6 Å². The standard InChI is InChI=1S/C30H48N2O6/c1-10-13-14-16-37-27(36)23-22-25(34)32(21(18-33)19(4)12-3)24(26(35)31(15-11-2)28(6,7)8)30(22)17-20(5)29(23,9)38-30/h10-11,19-24,33H,1-2,12-18H2,3-9H3/t19-,20?,21-,22-,23+,24?,29-,30?/m0/s1. The van der Waals surface area contributed by atoms with Crippen molar-refractivity contribution in [2.45, 2.75) is 103 Å². The Labute approximate surface area is 228 Å². The molecule has 0 radical (unpaired) electrons. The van der Waals surface area contributed by atoms with Crippen LogP contribution in [0, 0.1) is 23.7 Å². The van der Waals surface area contributed by atoms with Crippen molar-refractivity contribution in [3.8, 4) is 0 Å². The number of aliphatic hydroxyl groups is 1. The van der Waals surface area contributed by atoms with E-state index in [1.807, 2.05) is 48.5 Å². The van der Waals surface area contributed by atoms with Crippen molar-refractivity contribution in [1.82, 2.24) is 9.80 Å². The number of fused-ring (bicyclic) bond motifs is 1. The van der Waals surface area contributed by atoms with Crippen LogP contribution in [-0.4, -0.2) is 81.3 Å². The lowest BCUT2D eigenvalue weighted by Gasteiger charge is -2.44. The molecule has 214 valence electrons. The number of allylic oxidation sites excluding steroid dienone is 1. The number of hydrogen-bond donors (Lipinski definition) is 1. The summed E-state index contributed by atoms with van der Waals surface area (Å²) < 4.78 is 12.5. The number of esters is 1. The van der Waals surface area contributed by atoms with Gasteiger partial charge in [-0.05, 0) is 58.8 Å². The molecule has 1 N–H and O–H groups in total. The first-order chi connectivity index (χ1) is 17.8. The molecule has 3 unspecified atom stereocenters. The zero-order valence-electron chi connectivity index (χ0n) is 24.4. The average Bonchev–Trinajstić information content (AvgIpc) is 3.36. The van der Waals surface area contributed by atoms with E-state index in [0.29, 0.717) is 25.8 Å². The van der Waals surface area contributed by atoms with Crippen molar-refractivity contribution in [3.63, 3.8) is 0 Å². The molecule has 2 bridgehead atoms. The van der Waals surface area contributed by atoms with Gasteiger partial charge in [0.05, 0.1) is 30.8 Å². The summed E-state index contributed by atoms with van der Waals surface area (Å²) in [6, 6.07) is -1.55. The lowest BCUT2D eigenvalue weighted by atomic mass is 9.62. The molecule has 0 aliphatic carbocycles. The second kappa shape index (κ2) is 11.1. The Morgan fingerprint density at radius 1 is 1.32 bits per heavy atom. The molecular weight excluding hydrogens is 484 g/mol. The van der Waals surface area contributed by atoms with E-state index in [1.54, 1.807) is 22.0 Å². The lowest BCUT2D eigenvalue weighted by molar-refractivity contribution is -0.165. The summed E-state index contributed by atoms with van der Waals surface area (Å²) in [6.07, 6.45) is 6.00. The Bertz CT molecular complexity index is 944. The molecule has 38 heavy (non-hydrogen) atoms. The predicted octanol–water partition coefficient (Wildman–Crippen LogP) is 3.73. The third-order valence-electron chi connectivity index (χ3n) is 9.27. The molecule has 3 heterocycles. The molecule has 3 saturated heterocycles. The summed E-state index contributed by atoms with van der Waals surface area (Å²) in [5.41, 5.74) is -2.66. The van der Waals surface area contributed by atoms with Crippen LogP contribution >= 0.6 is 0 Å². The Morgan fingerprint density at radius 2 is 1.97 bits per heavy atom. The number of rotatable bonds is 12. The summed E-state index contributed by atoms with van der Waals surface area (Å²) in [6.45, 7) is 21.5. The Balaban J connectivity index is 2.15. The maximum atomic E-state index is 14.5. The van der Waals surface area contributed by atoms with Gasteiger partial charge in [-0.15, -0.1) is 13.2 Å². The van der Waals surface area contributed by atoms with Gasteiger partial charge in [0, 0.05) is 12.1 Å². The summed E-state index contributed by atoms with van der Waals surface area (Å²) in [5.74, 6) is -2.84. The van der Waals surface area contributed by atoms with E-state index in [0.717, 1.165) is 6.42 Å². The highest BCUT2D eigenvalue weighted by atomic mass is 16.6. The molecule has 0 aromatic heterocycles. The van der Waals surface area contributed by atoms with E-state index in [2.05, 4.69) is 13.2 Å². The molecule has 0 aromatic rings. The van der Waals surface area contributed by atoms with Gasteiger partial charge in [-0.1, -0.05) is 39.3 Å². The molecule has 2 amide bonds. The van der Waals surface area contributed by atoms with Crippen molar-refractivity contribution >= 4 is 17.8 Å². The van der Waals surface area contributed by atoms with E-state index >= 15 is 0 Å². The number of ether oxygens (including phenoxy) is 2. The van der Waals surface area contributed by atoms with Gasteiger partial charge in [-0.2, -0.15) is 0 Å². The van der Waals surface area contributed by atoms with Gasteiger partial charge in [-0.25, -0.2) is 0 Å². The van der Waals surface area contributed by atoms with Crippen molar-refractivity contribution in [2.24, 2.45) is 23.7 Å². The van der Waals surface area contributed by atoms with Crippen LogP contribution in [-0.2, 0) is 23.9 Å². The summed E-state index contributed by atoms with van der Waals surface area (Å²) in [5, 5.41) is 10.5. The highest BCUT2D eigenvalue weighted by Crippen LogP contribution is 2.66. The fraction of sp³-hybridized carbons (Fsp3) is 0.767. The van der Waals surface area contributed by atoms with Crippen molar-refractivity contribution < 1.29 is 29.0 Å². The molecule has 3 aliphatic heterocycles. The molecule has 8 atom stereocenters. The minimum Gasteiger partial charge on any atom is -0.465 e. The highest BCUT2D eigenvalue weighted by molar-refractivity contribution is 5.99. The number of likely N-dealkylation sites (tertiary alicyclic amines) is 1. The number of carbonyl (C=O) groups is 3. The minimum atomic E-state index is -1.18.